The zero-order valence-corrected chi connectivity index (χ0v) is 15.9. The molecule has 0 N–H and O–H groups in total. The summed E-state index contributed by atoms with van der Waals surface area (Å²) in [7, 11) is 0. The molecule has 0 radical (unpaired) electrons. The first-order valence-corrected chi connectivity index (χ1v) is 10.1. The molecule has 2 fully saturated rings. The van der Waals surface area contributed by atoms with Crippen LogP contribution in [0.15, 0.2) is 41.7 Å². The number of hydrogen-bond acceptors (Lipinski definition) is 6. The molecule has 1 aliphatic heterocycles. The van der Waals surface area contributed by atoms with Gasteiger partial charge in [0.05, 0.1) is 36.2 Å². The van der Waals surface area contributed by atoms with Crippen LogP contribution in [-0.2, 0) is 13.1 Å². The second kappa shape index (κ2) is 7.35. The molecule has 0 spiro atoms. The Morgan fingerprint density at radius 2 is 1.79 bits per heavy atom. The summed E-state index contributed by atoms with van der Waals surface area (Å²) in [4.78, 5) is 23.8. The maximum Gasteiger partial charge on any atom is 0.261 e. The summed E-state index contributed by atoms with van der Waals surface area (Å²) in [5, 5.41) is 9.04. The highest BCUT2D eigenvalue weighted by molar-refractivity contribution is 5.81. The van der Waals surface area contributed by atoms with E-state index in [-0.39, 0.29) is 5.56 Å². The normalized spacial score (nSPS) is 18.1. The van der Waals surface area contributed by atoms with Crippen molar-refractivity contribution < 1.29 is 0 Å². The third-order valence-electron chi connectivity index (χ3n) is 5.78. The fourth-order valence-corrected chi connectivity index (χ4v) is 3.87. The van der Waals surface area contributed by atoms with Crippen molar-refractivity contribution in [3.63, 3.8) is 0 Å². The van der Waals surface area contributed by atoms with Gasteiger partial charge in [0.25, 0.3) is 5.56 Å². The van der Waals surface area contributed by atoms with Gasteiger partial charge in [-0.1, -0.05) is 0 Å². The summed E-state index contributed by atoms with van der Waals surface area (Å²) in [5.41, 5.74) is 2.02. The molecule has 2 aromatic heterocycles. The number of aromatic nitrogens is 5. The van der Waals surface area contributed by atoms with Gasteiger partial charge < -0.3 is 4.90 Å². The largest absolute Gasteiger partial charge is 0.369 e. The summed E-state index contributed by atoms with van der Waals surface area (Å²) in [6, 6.07) is 6.07. The number of fused-ring (bicyclic) bond motifs is 1. The Balaban J connectivity index is 1.24. The first kappa shape index (κ1) is 17.4. The first-order chi connectivity index (χ1) is 13.8. The number of benzene rings is 1. The zero-order chi connectivity index (χ0) is 18.9. The molecule has 5 rings (SSSR count). The smallest absolute Gasteiger partial charge is 0.261 e. The van der Waals surface area contributed by atoms with Gasteiger partial charge in [0.15, 0.2) is 0 Å². The molecule has 1 aliphatic carbocycles. The molecule has 28 heavy (non-hydrogen) atoms. The molecule has 0 bridgehead atoms. The van der Waals surface area contributed by atoms with Crippen LogP contribution in [0.5, 0.6) is 0 Å². The van der Waals surface area contributed by atoms with Gasteiger partial charge in [-0.2, -0.15) is 15.0 Å². The highest BCUT2D eigenvalue weighted by Gasteiger charge is 2.23. The van der Waals surface area contributed by atoms with Crippen LogP contribution >= 0.6 is 0 Å². The highest BCUT2D eigenvalue weighted by Crippen LogP contribution is 2.30. The Morgan fingerprint density at radius 3 is 2.54 bits per heavy atom. The number of piperazine rings is 1. The average Bonchev–Trinajstić information content (AvgIpc) is 3.39. The molecule has 8 nitrogen and oxygen atoms in total. The summed E-state index contributed by atoms with van der Waals surface area (Å²) < 4.78 is 1.77. The summed E-state index contributed by atoms with van der Waals surface area (Å²) in [5.74, 6) is 0.664. The topological polar surface area (TPSA) is 72.1 Å². The third-order valence-corrected chi connectivity index (χ3v) is 5.78. The van der Waals surface area contributed by atoms with Crippen molar-refractivity contribution >= 4 is 16.6 Å². The number of rotatable bonds is 6. The van der Waals surface area contributed by atoms with E-state index < -0.39 is 0 Å². The molecule has 1 saturated heterocycles. The zero-order valence-electron chi connectivity index (χ0n) is 15.9. The van der Waals surface area contributed by atoms with Gasteiger partial charge in [0, 0.05) is 45.0 Å². The van der Waals surface area contributed by atoms with Crippen LogP contribution < -0.4 is 10.5 Å². The molecule has 146 valence electrons. The third kappa shape index (κ3) is 3.64. The lowest BCUT2D eigenvalue weighted by molar-refractivity contribution is 0.239. The van der Waals surface area contributed by atoms with Crippen molar-refractivity contribution in [2.75, 3.05) is 37.6 Å². The van der Waals surface area contributed by atoms with Crippen molar-refractivity contribution in [2.24, 2.45) is 5.92 Å². The van der Waals surface area contributed by atoms with Crippen LogP contribution in [0.2, 0.25) is 0 Å². The van der Waals surface area contributed by atoms with Gasteiger partial charge in [0.2, 0.25) is 0 Å². The predicted octanol–water partition coefficient (Wildman–Crippen LogP) is 1.22. The van der Waals surface area contributed by atoms with Crippen LogP contribution in [0, 0.1) is 5.92 Å². The monoisotopic (exact) mass is 379 g/mol. The van der Waals surface area contributed by atoms with Crippen molar-refractivity contribution in [3.8, 4) is 0 Å². The van der Waals surface area contributed by atoms with Gasteiger partial charge in [-0.05, 0) is 37.0 Å². The first-order valence-electron chi connectivity index (χ1n) is 10.1. The molecule has 0 unspecified atom stereocenters. The minimum atomic E-state index is 0.0838. The van der Waals surface area contributed by atoms with Gasteiger partial charge in [-0.3, -0.25) is 14.3 Å². The number of hydrogen-bond donors (Lipinski definition) is 0. The fourth-order valence-electron chi connectivity index (χ4n) is 3.87. The predicted molar refractivity (Wildman–Crippen MR) is 107 cm³/mol. The van der Waals surface area contributed by atoms with Crippen molar-refractivity contribution in [2.45, 2.75) is 25.9 Å². The van der Waals surface area contributed by atoms with E-state index in [2.05, 4.69) is 37.1 Å². The minimum absolute atomic E-state index is 0.0838. The molecule has 2 aliphatic rings. The Bertz CT molecular complexity index is 1000. The van der Waals surface area contributed by atoms with Crippen LogP contribution in [0.4, 0.5) is 5.69 Å². The van der Waals surface area contributed by atoms with Crippen LogP contribution in [-0.4, -0.2) is 62.2 Å². The van der Waals surface area contributed by atoms with Gasteiger partial charge >= 0.3 is 0 Å². The lowest BCUT2D eigenvalue weighted by Crippen LogP contribution is -2.47. The highest BCUT2D eigenvalue weighted by atomic mass is 16.1. The minimum Gasteiger partial charge on any atom is -0.369 e. The molecule has 3 heterocycles. The fraction of sp³-hybridized carbons (Fsp3) is 0.500. The molecule has 8 heteroatoms. The average molecular weight is 379 g/mol. The van der Waals surface area contributed by atoms with Crippen molar-refractivity contribution in [3.05, 3.63) is 47.3 Å². The SMILES string of the molecule is O=c1c2ccc(N3CCN(CCn4nccn4)CC3)cc2ncn1CC1CC1. The molecular formula is C20H25N7O. The second-order valence-corrected chi connectivity index (χ2v) is 7.80. The standard InChI is InChI=1S/C20H25N7O/c28-20-18-4-3-17(13-19(18)21-15-26(20)14-16-1-2-16)25-10-7-24(8-11-25)9-12-27-22-5-6-23-27/h3-6,13,15-16H,1-2,7-12,14H2. The molecule has 0 atom stereocenters. The summed E-state index contributed by atoms with van der Waals surface area (Å²) in [6.45, 7) is 6.54. The Morgan fingerprint density at radius 1 is 1.00 bits per heavy atom. The Kier molecular flexibility index (Phi) is 4.56. The Labute approximate surface area is 163 Å². The van der Waals surface area contributed by atoms with Gasteiger partial charge in [-0.25, -0.2) is 4.98 Å². The quantitative estimate of drug-likeness (QED) is 0.641. The maximum absolute atomic E-state index is 12.7. The van der Waals surface area contributed by atoms with Crippen molar-refractivity contribution in [1.29, 1.82) is 0 Å². The van der Waals surface area contributed by atoms with E-state index in [1.165, 1.54) is 12.8 Å². The lowest BCUT2D eigenvalue weighted by atomic mass is 10.2. The summed E-state index contributed by atoms with van der Waals surface area (Å²) in [6.07, 6.45) is 7.61. The van der Waals surface area contributed by atoms with E-state index in [1.807, 2.05) is 6.07 Å². The van der Waals surface area contributed by atoms with Crippen molar-refractivity contribution in [1.82, 2.24) is 29.4 Å². The molecule has 1 aromatic carbocycles. The molecule has 3 aromatic rings. The number of nitrogens with zero attached hydrogens (tertiary/aromatic N) is 7. The Hall–Kier alpha value is -2.74. The van der Waals surface area contributed by atoms with Gasteiger partial charge in [0.1, 0.15) is 0 Å². The van der Waals surface area contributed by atoms with E-state index in [0.29, 0.717) is 5.92 Å². The maximum atomic E-state index is 12.7. The van der Waals surface area contributed by atoms with E-state index in [4.69, 9.17) is 0 Å². The molecule has 1 saturated carbocycles. The molecular weight excluding hydrogens is 354 g/mol. The van der Waals surface area contributed by atoms with E-state index in [1.54, 1.807) is 28.1 Å². The lowest BCUT2D eigenvalue weighted by Gasteiger charge is -2.36. The molecule has 0 amide bonds. The van der Waals surface area contributed by atoms with Crippen LogP contribution in [0.1, 0.15) is 12.8 Å². The number of anilines is 1. The van der Waals surface area contributed by atoms with Crippen LogP contribution in [0.25, 0.3) is 10.9 Å². The van der Waals surface area contributed by atoms with E-state index >= 15 is 0 Å². The summed E-state index contributed by atoms with van der Waals surface area (Å²) >= 11 is 0. The van der Waals surface area contributed by atoms with E-state index in [9.17, 15) is 4.79 Å². The second-order valence-electron chi connectivity index (χ2n) is 7.80. The van der Waals surface area contributed by atoms with Crippen LogP contribution in [0.3, 0.4) is 0 Å². The van der Waals surface area contributed by atoms with E-state index in [0.717, 1.165) is 62.4 Å². The van der Waals surface area contributed by atoms with Gasteiger partial charge in [-0.15, -0.1) is 0 Å².